The Hall–Kier alpha value is -2.34. The fraction of sp³-hybridized carbons (Fsp3) is 0.333. The lowest BCUT2D eigenvalue weighted by atomic mass is 9.72. The predicted octanol–water partition coefficient (Wildman–Crippen LogP) is 3.80. The summed E-state index contributed by atoms with van der Waals surface area (Å²) in [6.45, 7) is 0.957. The van der Waals surface area contributed by atoms with Gasteiger partial charge in [-0.3, -0.25) is 9.59 Å². The second-order valence-corrected chi connectivity index (χ2v) is 7.43. The first-order valence-corrected chi connectivity index (χ1v) is 9.58. The van der Waals surface area contributed by atoms with Crippen LogP contribution in [0.25, 0.3) is 0 Å². The third-order valence-corrected chi connectivity index (χ3v) is 5.90. The average Bonchev–Trinajstić information content (AvgIpc) is 2.73. The van der Waals surface area contributed by atoms with E-state index in [2.05, 4.69) is 15.9 Å². The summed E-state index contributed by atoms with van der Waals surface area (Å²) < 4.78 is 11.1. The number of amides is 1. The molecule has 0 atom stereocenters. The van der Waals surface area contributed by atoms with Gasteiger partial charge in [-0.2, -0.15) is 0 Å². The number of halogens is 1. The maximum Gasteiger partial charge on any atom is 0.316 e. The molecule has 1 amide bonds. The zero-order valence-corrected chi connectivity index (χ0v) is 17.0. The SMILES string of the molecule is COC(=O)C1(c2ccccc2)CCN(C(=O)c2cc(OC)ccc2Br)CC1. The lowest BCUT2D eigenvalue weighted by molar-refractivity contribution is -0.149. The van der Waals surface area contributed by atoms with Crippen molar-refractivity contribution >= 4 is 27.8 Å². The second kappa shape index (κ2) is 8.13. The highest BCUT2D eigenvalue weighted by Gasteiger charge is 2.44. The van der Waals surface area contributed by atoms with E-state index in [0.717, 1.165) is 10.0 Å². The van der Waals surface area contributed by atoms with E-state index in [1.165, 1.54) is 7.11 Å². The first-order chi connectivity index (χ1) is 13.0. The van der Waals surface area contributed by atoms with Crippen LogP contribution >= 0.6 is 15.9 Å². The van der Waals surface area contributed by atoms with E-state index in [4.69, 9.17) is 9.47 Å². The lowest BCUT2D eigenvalue weighted by Crippen LogP contribution is -2.49. The first kappa shape index (κ1) is 19.4. The molecule has 1 saturated heterocycles. The minimum absolute atomic E-state index is 0.0766. The molecule has 0 aliphatic carbocycles. The van der Waals surface area contributed by atoms with E-state index in [-0.39, 0.29) is 11.9 Å². The monoisotopic (exact) mass is 431 g/mol. The number of nitrogens with zero attached hydrogens (tertiary/aromatic N) is 1. The Bertz CT molecular complexity index is 829. The van der Waals surface area contributed by atoms with Crippen LogP contribution in [0.4, 0.5) is 0 Å². The van der Waals surface area contributed by atoms with Gasteiger partial charge >= 0.3 is 5.97 Å². The quantitative estimate of drug-likeness (QED) is 0.690. The summed E-state index contributed by atoms with van der Waals surface area (Å²) >= 11 is 3.44. The summed E-state index contributed by atoms with van der Waals surface area (Å²) in [6, 6.07) is 15.0. The van der Waals surface area contributed by atoms with Crippen LogP contribution in [-0.2, 0) is 14.9 Å². The second-order valence-electron chi connectivity index (χ2n) is 6.58. The van der Waals surface area contributed by atoms with Crippen molar-refractivity contribution in [1.82, 2.24) is 4.90 Å². The Kier molecular flexibility index (Phi) is 5.85. The van der Waals surface area contributed by atoms with E-state index >= 15 is 0 Å². The number of carbonyl (C=O) groups excluding carboxylic acids is 2. The Morgan fingerprint density at radius 1 is 1.04 bits per heavy atom. The molecule has 2 aromatic rings. The summed E-state index contributed by atoms with van der Waals surface area (Å²) in [5.41, 5.74) is 0.782. The van der Waals surface area contributed by atoms with Crippen molar-refractivity contribution in [2.24, 2.45) is 0 Å². The minimum Gasteiger partial charge on any atom is -0.497 e. The predicted molar refractivity (Wildman–Crippen MR) is 106 cm³/mol. The largest absolute Gasteiger partial charge is 0.497 e. The van der Waals surface area contributed by atoms with Crippen molar-refractivity contribution in [1.29, 1.82) is 0 Å². The molecular weight excluding hydrogens is 410 g/mol. The topological polar surface area (TPSA) is 55.8 Å². The summed E-state index contributed by atoms with van der Waals surface area (Å²) in [6.07, 6.45) is 1.05. The van der Waals surface area contributed by atoms with Crippen LogP contribution < -0.4 is 4.74 Å². The number of ether oxygens (including phenoxy) is 2. The van der Waals surface area contributed by atoms with Gasteiger partial charge in [-0.25, -0.2) is 0 Å². The number of esters is 1. The fourth-order valence-corrected chi connectivity index (χ4v) is 4.04. The first-order valence-electron chi connectivity index (χ1n) is 8.78. The molecule has 0 aromatic heterocycles. The molecule has 0 radical (unpaired) electrons. The number of methoxy groups -OCH3 is 2. The van der Waals surface area contributed by atoms with Crippen LogP contribution in [0.15, 0.2) is 53.0 Å². The molecule has 0 spiro atoms. The highest BCUT2D eigenvalue weighted by molar-refractivity contribution is 9.10. The van der Waals surface area contributed by atoms with Gasteiger partial charge in [-0.15, -0.1) is 0 Å². The summed E-state index contributed by atoms with van der Waals surface area (Å²) in [5, 5.41) is 0. The van der Waals surface area contributed by atoms with Crippen LogP contribution in [0.3, 0.4) is 0 Å². The van der Waals surface area contributed by atoms with Gasteiger partial charge in [0.1, 0.15) is 5.75 Å². The summed E-state index contributed by atoms with van der Waals surface area (Å²) in [4.78, 5) is 27.4. The van der Waals surface area contributed by atoms with Crippen molar-refractivity contribution in [3.05, 3.63) is 64.1 Å². The molecule has 1 heterocycles. The van der Waals surface area contributed by atoms with E-state index in [1.807, 2.05) is 30.3 Å². The van der Waals surface area contributed by atoms with E-state index in [9.17, 15) is 9.59 Å². The van der Waals surface area contributed by atoms with Crippen molar-refractivity contribution in [2.45, 2.75) is 18.3 Å². The van der Waals surface area contributed by atoms with Crippen LogP contribution in [0.2, 0.25) is 0 Å². The van der Waals surface area contributed by atoms with E-state index in [1.54, 1.807) is 30.2 Å². The average molecular weight is 432 g/mol. The number of carbonyl (C=O) groups is 2. The Balaban J connectivity index is 1.83. The molecule has 1 aliphatic heterocycles. The standard InChI is InChI=1S/C21H22BrNO4/c1-26-16-8-9-18(22)17(14-16)19(24)23-12-10-21(11-13-23,20(25)27-2)15-6-4-3-5-7-15/h3-9,14H,10-13H2,1-2H3. The fourth-order valence-electron chi connectivity index (χ4n) is 3.62. The number of hydrogen-bond acceptors (Lipinski definition) is 4. The molecule has 5 nitrogen and oxygen atoms in total. The minimum atomic E-state index is -0.710. The van der Waals surface area contributed by atoms with E-state index < -0.39 is 5.41 Å². The van der Waals surface area contributed by atoms with Gasteiger partial charge in [0.05, 0.1) is 25.2 Å². The molecule has 6 heteroatoms. The smallest absolute Gasteiger partial charge is 0.316 e. The van der Waals surface area contributed by atoms with E-state index in [0.29, 0.717) is 37.2 Å². The zero-order valence-electron chi connectivity index (χ0n) is 15.4. The number of rotatable bonds is 4. The van der Waals surface area contributed by atoms with Gasteiger partial charge in [0.25, 0.3) is 5.91 Å². The molecule has 0 saturated carbocycles. The number of piperidine rings is 1. The van der Waals surface area contributed by atoms with Gasteiger partial charge in [0.2, 0.25) is 0 Å². The zero-order chi connectivity index (χ0) is 19.4. The third kappa shape index (κ3) is 3.72. The van der Waals surface area contributed by atoms with Crippen LogP contribution in [0.5, 0.6) is 5.75 Å². The van der Waals surface area contributed by atoms with Gasteiger partial charge in [-0.1, -0.05) is 30.3 Å². The number of benzene rings is 2. The maximum absolute atomic E-state index is 13.0. The molecule has 1 fully saturated rings. The maximum atomic E-state index is 13.0. The number of hydrogen-bond donors (Lipinski definition) is 0. The molecule has 27 heavy (non-hydrogen) atoms. The van der Waals surface area contributed by atoms with Gasteiger partial charge in [-0.05, 0) is 52.5 Å². The Morgan fingerprint density at radius 3 is 2.30 bits per heavy atom. The molecule has 3 rings (SSSR count). The Morgan fingerprint density at radius 2 is 1.70 bits per heavy atom. The normalized spacial score (nSPS) is 15.9. The summed E-state index contributed by atoms with van der Waals surface area (Å²) in [5.74, 6) is 0.308. The van der Waals surface area contributed by atoms with Crippen molar-refractivity contribution in [3.63, 3.8) is 0 Å². The van der Waals surface area contributed by atoms with Gasteiger partial charge in [0.15, 0.2) is 0 Å². The van der Waals surface area contributed by atoms with Crippen LogP contribution in [0, 0.1) is 0 Å². The number of likely N-dealkylation sites (tertiary alicyclic amines) is 1. The highest BCUT2D eigenvalue weighted by atomic mass is 79.9. The van der Waals surface area contributed by atoms with Crippen LogP contribution in [0.1, 0.15) is 28.8 Å². The summed E-state index contributed by atoms with van der Waals surface area (Å²) in [7, 11) is 2.99. The van der Waals surface area contributed by atoms with Crippen molar-refractivity contribution < 1.29 is 19.1 Å². The van der Waals surface area contributed by atoms with Crippen molar-refractivity contribution in [2.75, 3.05) is 27.3 Å². The molecule has 0 bridgehead atoms. The molecule has 2 aromatic carbocycles. The van der Waals surface area contributed by atoms with Crippen LogP contribution in [-0.4, -0.2) is 44.1 Å². The molecule has 0 unspecified atom stereocenters. The van der Waals surface area contributed by atoms with Gasteiger partial charge in [0, 0.05) is 17.6 Å². The highest BCUT2D eigenvalue weighted by Crippen LogP contribution is 2.37. The molecular formula is C21H22BrNO4. The Labute approximate surface area is 167 Å². The van der Waals surface area contributed by atoms with Crippen molar-refractivity contribution in [3.8, 4) is 5.75 Å². The lowest BCUT2D eigenvalue weighted by Gasteiger charge is -2.40. The third-order valence-electron chi connectivity index (χ3n) is 5.21. The van der Waals surface area contributed by atoms with Gasteiger partial charge < -0.3 is 14.4 Å². The molecule has 1 aliphatic rings. The molecule has 142 valence electrons. The molecule has 0 N–H and O–H groups in total.